The number of carbonyl (C=O) groups is 2. The van der Waals surface area contributed by atoms with Crippen molar-refractivity contribution in [2.45, 2.75) is 13.5 Å². The molecule has 0 atom stereocenters. The van der Waals surface area contributed by atoms with Crippen LogP contribution in [0.5, 0.6) is 5.75 Å². The molecule has 2 aromatic carbocycles. The van der Waals surface area contributed by atoms with Gasteiger partial charge >= 0.3 is 0 Å². The molecule has 0 saturated carbocycles. The van der Waals surface area contributed by atoms with Gasteiger partial charge in [0.1, 0.15) is 5.75 Å². The topological polar surface area (TPSA) is 89.8 Å². The lowest BCUT2D eigenvalue weighted by Gasteiger charge is -2.13. The molecule has 29 heavy (non-hydrogen) atoms. The summed E-state index contributed by atoms with van der Waals surface area (Å²) in [5.41, 5.74) is 1.33. The van der Waals surface area contributed by atoms with E-state index in [1.807, 2.05) is 19.1 Å². The Balaban J connectivity index is 1.86. The third-order valence-electron chi connectivity index (χ3n) is 3.97. The van der Waals surface area contributed by atoms with Gasteiger partial charge in [0.15, 0.2) is 0 Å². The van der Waals surface area contributed by atoms with Crippen molar-refractivity contribution in [1.82, 2.24) is 4.90 Å². The van der Waals surface area contributed by atoms with Crippen molar-refractivity contribution >= 4 is 79.9 Å². The van der Waals surface area contributed by atoms with E-state index in [-0.39, 0.29) is 17.5 Å². The van der Waals surface area contributed by atoms with Crippen LogP contribution in [0.2, 0.25) is 0 Å². The number of benzene rings is 2. The van der Waals surface area contributed by atoms with Gasteiger partial charge in [-0.3, -0.25) is 24.6 Å². The fourth-order valence-corrected chi connectivity index (χ4v) is 5.54. The van der Waals surface area contributed by atoms with Crippen LogP contribution in [-0.2, 0) is 11.3 Å². The molecule has 2 aromatic rings. The number of thioether (sulfide) groups is 1. The maximum Gasteiger partial charge on any atom is 0.293 e. The fourth-order valence-electron chi connectivity index (χ4n) is 2.67. The van der Waals surface area contributed by atoms with Crippen LogP contribution < -0.4 is 4.74 Å². The Labute approximate surface area is 198 Å². The molecule has 1 fully saturated rings. The molecule has 150 valence electrons. The number of hydrogen-bond acceptors (Lipinski definition) is 6. The summed E-state index contributed by atoms with van der Waals surface area (Å²) in [7, 11) is 0. The van der Waals surface area contributed by atoms with Gasteiger partial charge in [0.05, 0.1) is 26.6 Å². The highest BCUT2D eigenvalue weighted by atomic mass is 127. The minimum Gasteiger partial charge on any atom is -0.492 e. The molecule has 1 heterocycles. The van der Waals surface area contributed by atoms with Crippen molar-refractivity contribution in [3.05, 3.63) is 69.7 Å². The monoisotopic (exact) mass is 636 g/mol. The first kappa shape index (κ1) is 22.0. The van der Waals surface area contributed by atoms with Crippen molar-refractivity contribution in [1.29, 1.82) is 0 Å². The Hall–Kier alpha value is -1.67. The molecule has 0 aliphatic carbocycles. The van der Waals surface area contributed by atoms with Crippen LogP contribution in [0.4, 0.5) is 10.5 Å². The number of nitro groups is 1. The molecule has 0 radical (unpaired) electrons. The molecule has 1 saturated heterocycles. The number of carbonyl (C=O) groups excluding carboxylic acids is 2. The van der Waals surface area contributed by atoms with E-state index in [2.05, 4.69) is 45.2 Å². The van der Waals surface area contributed by atoms with Gasteiger partial charge in [-0.1, -0.05) is 12.1 Å². The van der Waals surface area contributed by atoms with E-state index in [4.69, 9.17) is 4.74 Å². The summed E-state index contributed by atoms with van der Waals surface area (Å²) in [6.07, 6.45) is 1.68. The normalized spacial score (nSPS) is 15.3. The first-order chi connectivity index (χ1) is 13.8. The van der Waals surface area contributed by atoms with Gasteiger partial charge in [-0.2, -0.15) is 0 Å². The van der Waals surface area contributed by atoms with Crippen LogP contribution in [0.25, 0.3) is 6.08 Å². The molecule has 0 bridgehead atoms. The SMILES string of the molecule is CCOc1c(I)cc(I)cc1/C=C1/SC(=O)N(Cc2ccc([N+](=O)[O-])cc2)C1=O. The van der Waals surface area contributed by atoms with E-state index in [0.717, 1.165) is 29.4 Å². The zero-order chi connectivity index (χ0) is 21.1. The number of halogens is 2. The van der Waals surface area contributed by atoms with Gasteiger partial charge in [-0.25, -0.2) is 0 Å². The first-order valence-corrected chi connectivity index (χ1v) is 11.4. The molecule has 0 unspecified atom stereocenters. The van der Waals surface area contributed by atoms with Crippen molar-refractivity contribution in [3.63, 3.8) is 0 Å². The van der Waals surface area contributed by atoms with Crippen LogP contribution in [0.15, 0.2) is 41.3 Å². The molecule has 2 amide bonds. The predicted molar refractivity (Wildman–Crippen MR) is 128 cm³/mol. The third kappa shape index (κ3) is 5.09. The summed E-state index contributed by atoms with van der Waals surface area (Å²) in [5, 5.41) is 10.4. The van der Waals surface area contributed by atoms with E-state index < -0.39 is 10.8 Å². The van der Waals surface area contributed by atoms with Gasteiger partial charge in [0.2, 0.25) is 0 Å². The van der Waals surface area contributed by atoms with Crippen molar-refractivity contribution in [2.24, 2.45) is 0 Å². The Morgan fingerprint density at radius 3 is 2.52 bits per heavy atom. The smallest absolute Gasteiger partial charge is 0.293 e. The lowest BCUT2D eigenvalue weighted by atomic mass is 10.1. The van der Waals surface area contributed by atoms with E-state index in [1.54, 1.807) is 18.2 Å². The Bertz CT molecular complexity index is 1020. The highest BCUT2D eigenvalue weighted by molar-refractivity contribution is 14.1. The Kier molecular flexibility index (Phi) is 7.16. The second-order valence-electron chi connectivity index (χ2n) is 5.93. The average Bonchev–Trinajstić information content (AvgIpc) is 2.92. The maximum absolute atomic E-state index is 12.8. The molecular formula is C19H14I2N2O5S. The molecular weight excluding hydrogens is 622 g/mol. The molecule has 0 spiro atoms. The van der Waals surface area contributed by atoms with Crippen LogP contribution in [0.3, 0.4) is 0 Å². The zero-order valence-electron chi connectivity index (χ0n) is 15.1. The van der Waals surface area contributed by atoms with Gasteiger partial charge in [-0.05, 0) is 87.6 Å². The van der Waals surface area contributed by atoms with E-state index in [1.165, 1.54) is 12.1 Å². The standard InChI is InChI=1S/C19H14I2N2O5S/c1-2-28-17-12(7-13(20)9-15(17)21)8-16-18(24)22(19(25)29-16)10-11-3-5-14(6-4-11)23(26)27/h3-9H,2,10H2,1H3/b16-8+. The second kappa shape index (κ2) is 9.43. The number of amides is 2. The number of hydrogen-bond donors (Lipinski definition) is 0. The van der Waals surface area contributed by atoms with Crippen LogP contribution in [-0.4, -0.2) is 27.6 Å². The third-order valence-corrected chi connectivity index (χ3v) is 6.31. The average molecular weight is 636 g/mol. The summed E-state index contributed by atoms with van der Waals surface area (Å²) in [6, 6.07) is 9.67. The number of imide groups is 1. The molecule has 1 aliphatic heterocycles. The van der Waals surface area contributed by atoms with Gasteiger partial charge < -0.3 is 4.74 Å². The van der Waals surface area contributed by atoms with E-state index in [9.17, 15) is 19.7 Å². The van der Waals surface area contributed by atoms with Crippen molar-refractivity contribution < 1.29 is 19.2 Å². The number of rotatable bonds is 6. The summed E-state index contributed by atoms with van der Waals surface area (Å²) in [5.74, 6) is 0.283. The largest absolute Gasteiger partial charge is 0.492 e. The summed E-state index contributed by atoms with van der Waals surface area (Å²) in [6.45, 7) is 2.43. The number of ether oxygens (including phenoxy) is 1. The lowest BCUT2D eigenvalue weighted by molar-refractivity contribution is -0.384. The van der Waals surface area contributed by atoms with Gasteiger partial charge in [0, 0.05) is 21.3 Å². The lowest BCUT2D eigenvalue weighted by Crippen LogP contribution is -2.27. The minimum absolute atomic E-state index is 0.0421. The fraction of sp³-hybridized carbons (Fsp3) is 0.158. The molecule has 3 rings (SSSR count). The number of nitrogens with zero attached hydrogens (tertiary/aromatic N) is 2. The summed E-state index contributed by atoms with van der Waals surface area (Å²) < 4.78 is 7.63. The van der Waals surface area contributed by atoms with Crippen molar-refractivity contribution in [3.8, 4) is 5.75 Å². The molecule has 0 aromatic heterocycles. The molecule has 0 N–H and O–H groups in total. The van der Waals surface area contributed by atoms with E-state index >= 15 is 0 Å². The quantitative estimate of drug-likeness (QED) is 0.182. The molecule has 1 aliphatic rings. The van der Waals surface area contributed by atoms with Crippen molar-refractivity contribution in [2.75, 3.05) is 6.61 Å². The predicted octanol–water partition coefficient (Wildman–Crippen LogP) is 5.44. The van der Waals surface area contributed by atoms with E-state index in [0.29, 0.717) is 22.8 Å². The first-order valence-electron chi connectivity index (χ1n) is 8.40. The highest BCUT2D eigenvalue weighted by Gasteiger charge is 2.35. The molecule has 10 heteroatoms. The Morgan fingerprint density at radius 2 is 1.90 bits per heavy atom. The van der Waals surface area contributed by atoms with Crippen LogP contribution >= 0.6 is 56.9 Å². The maximum atomic E-state index is 12.8. The van der Waals surface area contributed by atoms with Gasteiger partial charge in [0.25, 0.3) is 16.8 Å². The molecule has 7 nitrogen and oxygen atoms in total. The number of nitro benzene ring substituents is 1. The zero-order valence-corrected chi connectivity index (χ0v) is 20.2. The second-order valence-corrected chi connectivity index (χ2v) is 9.33. The van der Waals surface area contributed by atoms with Crippen LogP contribution in [0, 0.1) is 17.3 Å². The summed E-state index contributed by atoms with van der Waals surface area (Å²) in [4.78, 5) is 36.9. The Morgan fingerprint density at radius 1 is 1.21 bits per heavy atom. The number of non-ortho nitro benzene ring substituents is 1. The highest BCUT2D eigenvalue weighted by Crippen LogP contribution is 2.37. The van der Waals surface area contributed by atoms with Gasteiger partial charge in [-0.15, -0.1) is 0 Å². The summed E-state index contributed by atoms with van der Waals surface area (Å²) >= 11 is 5.25. The minimum atomic E-state index is -0.495. The van der Waals surface area contributed by atoms with Crippen LogP contribution in [0.1, 0.15) is 18.1 Å².